The van der Waals surface area contributed by atoms with Gasteiger partial charge in [0.2, 0.25) is 0 Å². The molecular weight excluding hydrogens is 140 g/mol. The monoisotopic (exact) mass is 160 g/mol. The molecule has 0 radical (unpaired) electrons. The van der Waals surface area contributed by atoms with Crippen LogP contribution in [0.2, 0.25) is 0 Å². The van der Waals surface area contributed by atoms with E-state index in [9.17, 15) is 0 Å². The topological polar surface area (TPSA) is 47.3 Å². The van der Waals surface area contributed by atoms with E-state index in [1.165, 1.54) is 0 Å². The number of rotatable bonds is 5. The summed E-state index contributed by atoms with van der Waals surface area (Å²) in [5.41, 5.74) is 2.71. The van der Waals surface area contributed by atoms with E-state index in [0.717, 1.165) is 6.61 Å². The molecule has 11 heavy (non-hydrogen) atoms. The summed E-state index contributed by atoms with van der Waals surface area (Å²) in [6, 6.07) is 0.218. The summed E-state index contributed by atoms with van der Waals surface area (Å²) in [6.45, 7) is 9.04. The van der Waals surface area contributed by atoms with Gasteiger partial charge in [-0.25, -0.2) is 0 Å². The summed E-state index contributed by atoms with van der Waals surface area (Å²) in [6.07, 6.45) is 0.213. The van der Waals surface area contributed by atoms with Crippen molar-refractivity contribution in [1.29, 1.82) is 0 Å². The van der Waals surface area contributed by atoms with Crippen LogP contribution in [0.25, 0.3) is 0 Å². The lowest BCUT2D eigenvalue weighted by Gasteiger charge is -2.26. The summed E-state index contributed by atoms with van der Waals surface area (Å²) in [5, 5.41) is 0. The third-order valence-corrected chi connectivity index (χ3v) is 1.77. The van der Waals surface area contributed by atoms with Crippen LogP contribution in [-0.2, 0) is 4.74 Å². The molecule has 0 aromatic rings. The van der Waals surface area contributed by atoms with Crippen molar-refractivity contribution in [3.05, 3.63) is 0 Å². The standard InChI is InChI=1S/C8H20N2O/c1-5-11-8(6(2)3)7(4)10-9/h6-8,10H,5,9H2,1-4H3. The highest BCUT2D eigenvalue weighted by molar-refractivity contribution is 4.73. The fraction of sp³-hybridized carbons (Fsp3) is 1.00. The minimum atomic E-state index is 0.213. The average molecular weight is 160 g/mol. The Kier molecular flexibility index (Phi) is 5.46. The molecule has 0 aliphatic carbocycles. The zero-order valence-electron chi connectivity index (χ0n) is 7.92. The highest BCUT2D eigenvalue weighted by Crippen LogP contribution is 2.09. The van der Waals surface area contributed by atoms with E-state index >= 15 is 0 Å². The summed E-state index contributed by atoms with van der Waals surface area (Å²) in [4.78, 5) is 0. The predicted octanol–water partition coefficient (Wildman–Crippen LogP) is 0.899. The van der Waals surface area contributed by atoms with Gasteiger partial charge < -0.3 is 4.74 Å². The first-order chi connectivity index (χ1) is 5.13. The van der Waals surface area contributed by atoms with Gasteiger partial charge in [-0.15, -0.1) is 0 Å². The van der Waals surface area contributed by atoms with Crippen LogP contribution in [0.1, 0.15) is 27.7 Å². The van der Waals surface area contributed by atoms with E-state index in [4.69, 9.17) is 10.6 Å². The van der Waals surface area contributed by atoms with Gasteiger partial charge >= 0.3 is 0 Å². The highest BCUT2D eigenvalue weighted by atomic mass is 16.5. The second-order valence-electron chi connectivity index (χ2n) is 3.12. The Morgan fingerprint density at radius 1 is 1.36 bits per heavy atom. The van der Waals surface area contributed by atoms with Crippen molar-refractivity contribution < 1.29 is 4.74 Å². The maximum Gasteiger partial charge on any atom is 0.0761 e. The first-order valence-electron chi connectivity index (χ1n) is 4.21. The summed E-state index contributed by atoms with van der Waals surface area (Å²) in [7, 11) is 0. The van der Waals surface area contributed by atoms with Gasteiger partial charge in [0.15, 0.2) is 0 Å². The third kappa shape index (κ3) is 3.70. The van der Waals surface area contributed by atoms with Crippen LogP contribution < -0.4 is 11.3 Å². The van der Waals surface area contributed by atoms with E-state index in [1.807, 2.05) is 13.8 Å². The molecule has 2 unspecified atom stereocenters. The normalized spacial score (nSPS) is 16.9. The second-order valence-corrected chi connectivity index (χ2v) is 3.12. The Labute approximate surface area is 69.3 Å². The van der Waals surface area contributed by atoms with Crippen LogP contribution in [-0.4, -0.2) is 18.8 Å². The van der Waals surface area contributed by atoms with Crippen LogP contribution in [0, 0.1) is 5.92 Å². The van der Waals surface area contributed by atoms with Crippen molar-refractivity contribution in [1.82, 2.24) is 5.43 Å². The maximum absolute atomic E-state index is 5.51. The molecule has 3 heteroatoms. The zero-order valence-corrected chi connectivity index (χ0v) is 7.92. The molecule has 0 saturated heterocycles. The summed E-state index contributed by atoms with van der Waals surface area (Å²) >= 11 is 0. The molecule has 0 heterocycles. The molecule has 0 spiro atoms. The molecule has 3 nitrogen and oxygen atoms in total. The minimum absolute atomic E-state index is 0.213. The van der Waals surface area contributed by atoms with Gasteiger partial charge in [0.25, 0.3) is 0 Å². The molecule has 0 aliphatic heterocycles. The molecule has 68 valence electrons. The predicted molar refractivity (Wildman–Crippen MR) is 47.0 cm³/mol. The van der Waals surface area contributed by atoms with Crippen LogP contribution in [0.3, 0.4) is 0 Å². The van der Waals surface area contributed by atoms with Crippen LogP contribution >= 0.6 is 0 Å². The lowest BCUT2D eigenvalue weighted by Crippen LogP contribution is -2.45. The van der Waals surface area contributed by atoms with E-state index in [1.54, 1.807) is 0 Å². The molecule has 0 amide bonds. The SMILES string of the molecule is CCOC(C(C)C)C(C)NN. The van der Waals surface area contributed by atoms with Crippen LogP contribution in [0.4, 0.5) is 0 Å². The van der Waals surface area contributed by atoms with Crippen molar-refractivity contribution >= 4 is 0 Å². The Morgan fingerprint density at radius 3 is 2.18 bits per heavy atom. The molecule has 0 aromatic heterocycles. The molecule has 0 rings (SSSR count). The van der Waals surface area contributed by atoms with E-state index in [-0.39, 0.29) is 12.1 Å². The molecule has 0 saturated carbocycles. The largest absolute Gasteiger partial charge is 0.377 e. The number of hydrazine groups is 1. The average Bonchev–Trinajstić information content (AvgIpc) is 1.98. The van der Waals surface area contributed by atoms with Gasteiger partial charge in [-0.3, -0.25) is 11.3 Å². The van der Waals surface area contributed by atoms with Gasteiger partial charge in [-0.2, -0.15) is 0 Å². The van der Waals surface area contributed by atoms with Crippen LogP contribution in [0.5, 0.6) is 0 Å². The molecule has 0 fully saturated rings. The van der Waals surface area contributed by atoms with Crippen molar-refractivity contribution in [2.45, 2.75) is 39.8 Å². The minimum Gasteiger partial charge on any atom is -0.377 e. The summed E-state index contributed by atoms with van der Waals surface area (Å²) < 4.78 is 5.51. The molecule has 0 aromatic carbocycles. The maximum atomic E-state index is 5.51. The van der Waals surface area contributed by atoms with Crippen molar-refractivity contribution in [3.8, 4) is 0 Å². The number of hydrogen-bond donors (Lipinski definition) is 2. The Morgan fingerprint density at radius 2 is 1.91 bits per heavy atom. The summed E-state index contributed by atoms with van der Waals surface area (Å²) in [5.74, 6) is 5.81. The van der Waals surface area contributed by atoms with E-state index in [2.05, 4.69) is 19.3 Å². The number of nitrogens with two attached hydrogens (primary N) is 1. The Hall–Kier alpha value is -0.120. The van der Waals surface area contributed by atoms with E-state index in [0.29, 0.717) is 5.92 Å². The number of ether oxygens (including phenoxy) is 1. The first-order valence-corrected chi connectivity index (χ1v) is 4.21. The zero-order chi connectivity index (χ0) is 8.85. The third-order valence-electron chi connectivity index (χ3n) is 1.77. The fourth-order valence-electron chi connectivity index (χ4n) is 1.20. The van der Waals surface area contributed by atoms with E-state index < -0.39 is 0 Å². The smallest absolute Gasteiger partial charge is 0.0761 e. The molecular formula is C8H20N2O. The Balaban J connectivity index is 3.87. The number of nitrogens with one attached hydrogen (secondary N) is 1. The molecule has 0 aliphatic rings. The first kappa shape index (κ1) is 10.9. The van der Waals surface area contributed by atoms with Gasteiger partial charge in [-0.1, -0.05) is 13.8 Å². The van der Waals surface area contributed by atoms with Crippen molar-refractivity contribution in [2.24, 2.45) is 11.8 Å². The quantitative estimate of drug-likeness (QED) is 0.464. The van der Waals surface area contributed by atoms with Gasteiger partial charge in [0.05, 0.1) is 6.10 Å². The van der Waals surface area contributed by atoms with Crippen molar-refractivity contribution in [2.75, 3.05) is 6.61 Å². The lowest BCUT2D eigenvalue weighted by atomic mass is 10.0. The van der Waals surface area contributed by atoms with Gasteiger partial charge in [0.1, 0.15) is 0 Å². The molecule has 3 N–H and O–H groups in total. The fourth-order valence-corrected chi connectivity index (χ4v) is 1.20. The molecule has 0 bridgehead atoms. The number of hydrogen-bond acceptors (Lipinski definition) is 3. The second kappa shape index (κ2) is 5.52. The lowest BCUT2D eigenvalue weighted by molar-refractivity contribution is 0.00794. The Bertz CT molecular complexity index is 96.1. The molecule has 2 atom stereocenters. The van der Waals surface area contributed by atoms with Crippen molar-refractivity contribution in [3.63, 3.8) is 0 Å². The van der Waals surface area contributed by atoms with Gasteiger partial charge in [-0.05, 0) is 19.8 Å². The highest BCUT2D eigenvalue weighted by Gasteiger charge is 2.19. The van der Waals surface area contributed by atoms with Crippen LogP contribution in [0.15, 0.2) is 0 Å². The van der Waals surface area contributed by atoms with Gasteiger partial charge in [0, 0.05) is 12.6 Å².